The van der Waals surface area contributed by atoms with Crippen LogP contribution in [0.4, 0.5) is 4.79 Å². The van der Waals surface area contributed by atoms with Gasteiger partial charge in [0.1, 0.15) is 0 Å². The van der Waals surface area contributed by atoms with Gasteiger partial charge in [-0.2, -0.15) is 0 Å². The Bertz CT molecular complexity index is 516. The van der Waals surface area contributed by atoms with E-state index < -0.39 is 6.09 Å². The Kier molecular flexibility index (Phi) is 33.9. The summed E-state index contributed by atoms with van der Waals surface area (Å²) in [6, 6.07) is 0. The molecule has 0 aliphatic carbocycles. The van der Waals surface area contributed by atoms with Crippen LogP contribution in [0.3, 0.4) is 0 Å². The highest BCUT2D eigenvalue weighted by Crippen LogP contribution is 2.22. The molecule has 0 saturated heterocycles. The van der Waals surface area contributed by atoms with E-state index in [0.29, 0.717) is 13.2 Å². The number of imide groups is 1. The van der Waals surface area contributed by atoms with Crippen LogP contribution < -0.4 is 5.32 Å². The number of unbranched alkanes of at least 4 members (excludes halogenated alkanes) is 13. The Balaban J connectivity index is 0. The predicted molar refractivity (Wildman–Crippen MR) is 167 cm³/mol. The van der Waals surface area contributed by atoms with Crippen LogP contribution in [0.5, 0.6) is 0 Å². The lowest BCUT2D eigenvalue weighted by molar-refractivity contribution is -0.134. The number of nitrogens with one attached hydrogen (secondary N) is 1. The fraction of sp³-hybridized carbons (Fsp3) is 0.939. The van der Waals surface area contributed by atoms with Crippen LogP contribution in [0.25, 0.3) is 0 Å². The van der Waals surface area contributed by atoms with Crippen LogP contribution in [-0.4, -0.2) is 54.9 Å². The molecular formula is C33H68N2O4. The Hall–Kier alpha value is -1.14. The van der Waals surface area contributed by atoms with Crippen LogP contribution >= 0.6 is 0 Å². The molecule has 6 nitrogen and oxygen atoms in total. The molecule has 0 saturated carbocycles. The van der Waals surface area contributed by atoms with E-state index in [0.717, 1.165) is 96.6 Å². The molecule has 0 aromatic carbocycles. The number of hydrogen-bond acceptors (Lipinski definition) is 5. The molecule has 0 aromatic rings. The molecule has 0 heterocycles. The van der Waals surface area contributed by atoms with Gasteiger partial charge in [-0.3, -0.25) is 4.79 Å². The van der Waals surface area contributed by atoms with E-state index in [1.165, 1.54) is 49.8 Å². The molecule has 0 bridgehead atoms. The van der Waals surface area contributed by atoms with Gasteiger partial charge in [-0.1, -0.05) is 118 Å². The van der Waals surface area contributed by atoms with Gasteiger partial charge in [0.15, 0.2) is 0 Å². The Morgan fingerprint density at radius 1 is 0.667 bits per heavy atom. The van der Waals surface area contributed by atoms with Crippen molar-refractivity contribution in [2.75, 3.05) is 32.8 Å². The van der Waals surface area contributed by atoms with E-state index >= 15 is 0 Å². The fourth-order valence-electron chi connectivity index (χ4n) is 4.64. The number of amides is 2. The number of aliphatic hydroxyl groups excluding tert-OH is 1. The first-order chi connectivity index (χ1) is 19.1. The molecular weight excluding hydrogens is 488 g/mol. The monoisotopic (exact) mass is 557 g/mol. The molecule has 1 unspecified atom stereocenters. The minimum Gasteiger partial charge on any atom is -0.449 e. The second-order valence-corrected chi connectivity index (χ2v) is 10.7. The maximum atomic E-state index is 13.5. The summed E-state index contributed by atoms with van der Waals surface area (Å²) in [7, 11) is 0. The molecule has 0 radical (unpaired) electrons. The highest BCUT2D eigenvalue weighted by atomic mass is 16.6. The van der Waals surface area contributed by atoms with Gasteiger partial charge in [-0.25, -0.2) is 9.69 Å². The van der Waals surface area contributed by atoms with Crippen molar-refractivity contribution in [1.29, 1.82) is 0 Å². The number of carbonyl (C=O) groups excluding carboxylic acids is 2. The lowest BCUT2D eigenvalue weighted by Gasteiger charge is -2.25. The van der Waals surface area contributed by atoms with E-state index in [1.807, 2.05) is 13.8 Å². The van der Waals surface area contributed by atoms with Gasteiger partial charge in [-0.15, -0.1) is 0 Å². The van der Waals surface area contributed by atoms with E-state index in [1.54, 1.807) is 0 Å². The van der Waals surface area contributed by atoms with E-state index in [4.69, 9.17) is 9.84 Å². The standard InChI is InChI=1S/C31H62N2O4.C2H6/c1-4-7-10-12-13-17-23-29(22-16-11-8-5-2)30(35)33(26-9-6-3)31(36)37-28-21-15-14-18-24-32-25-19-20-27-34;1-2/h29,32,34H,4-28H2,1-3H3;1-2H3. The van der Waals surface area contributed by atoms with Crippen molar-refractivity contribution < 1.29 is 19.4 Å². The lowest BCUT2D eigenvalue weighted by Crippen LogP contribution is -2.42. The summed E-state index contributed by atoms with van der Waals surface area (Å²) in [5, 5.41) is 12.2. The Morgan fingerprint density at radius 3 is 1.74 bits per heavy atom. The van der Waals surface area contributed by atoms with Crippen molar-refractivity contribution in [3.8, 4) is 0 Å². The Morgan fingerprint density at radius 2 is 1.15 bits per heavy atom. The van der Waals surface area contributed by atoms with Gasteiger partial charge < -0.3 is 15.2 Å². The van der Waals surface area contributed by atoms with Crippen molar-refractivity contribution in [3.05, 3.63) is 0 Å². The van der Waals surface area contributed by atoms with Gasteiger partial charge in [0.2, 0.25) is 5.91 Å². The Labute approximate surface area is 243 Å². The molecule has 0 spiro atoms. The van der Waals surface area contributed by atoms with Gasteiger partial charge in [0, 0.05) is 19.1 Å². The first kappa shape index (κ1) is 40.0. The number of aliphatic hydroxyl groups is 1. The number of carbonyl (C=O) groups is 2. The molecule has 6 heteroatoms. The molecule has 0 aliphatic rings. The topological polar surface area (TPSA) is 78.9 Å². The molecule has 0 fully saturated rings. The first-order valence-electron chi connectivity index (χ1n) is 16.9. The first-order valence-corrected chi connectivity index (χ1v) is 16.9. The summed E-state index contributed by atoms with van der Waals surface area (Å²) in [5.41, 5.74) is 0. The normalized spacial score (nSPS) is 11.5. The molecule has 2 N–H and O–H groups in total. The lowest BCUT2D eigenvalue weighted by atomic mass is 9.93. The smallest absolute Gasteiger partial charge is 0.416 e. The van der Waals surface area contributed by atoms with E-state index in [-0.39, 0.29) is 18.4 Å². The number of hydrogen-bond donors (Lipinski definition) is 2. The van der Waals surface area contributed by atoms with Crippen LogP contribution in [0.1, 0.15) is 163 Å². The number of rotatable bonds is 27. The maximum absolute atomic E-state index is 13.5. The van der Waals surface area contributed by atoms with Crippen molar-refractivity contribution >= 4 is 12.0 Å². The highest BCUT2D eigenvalue weighted by molar-refractivity contribution is 5.93. The largest absolute Gasteiger partial charge is 0.449 e. The minimum atomic E-state index is -0.439. The average molecular weight is 557 g/mol. The average Bonchev–Trinajstić information content (AvgIpc) is 2.95. The second-order valence-electron chi connectivity index (χ2n) is 10.7. The third-order valence-corrected chi connectivity index (χ3v) is 7.12. The third-order valence-electron chi connectivity index (χ3n) is 7.12. The number of ether oxygens (including phenoxy) is 1. The predicted octanol–water partition coefficient (Wildman–Crippen LogP) is 9.04. The molecule has 2 amide bonds. The van der Waals surface area contributed by atoms with Crippen molar-refractivity contribution in [3.63, 3.8) is 0 Å². The maximum Gasteiger partial charge on any atom is 0.416 e. The van der Waals surface area contributed by atoms with Crippen LogP contribution in [0.2, 0.25) is 0 Å². The summed E-state index contributed by atoms with van der Waals surface area (Å²) in [5.74, 6) is -0.0619. The molecule has 0 aliphatic heterocycles. The summed E-state index contributed by atoms with van der Waals surface area (Å²) in [4.78, 5) is 27.9. The zero-order chi connectivity index (χ0) is 29.4. The zero-order valence-electron chi connectivity index (χ0n) is 26.9. The second kappa shape index (κ2) is 33.1. The molecule has 0 rings (SSSR count). The molecule has 0 aromatic heterocycles. The van der Waals surface area contributed by atoms with Gasteiger partial charge in [0.05, 0.1) is 6.61 Å². The third kappa shape index (κ3) is 25.6. The minimum absolute atomic E-state index is 0.00391. The molecule has 234 valence electrons. The van der Waals surface area contributed by atoms with Crippen LogP contribution in [0.15, 0.2) is 0 Å². The van der Waals surface area contributed by atoms with Gasteiger partial charge in [-0.05, 0) is 58.0 Å². The quantitative estimate of drug-likeness (QED) is 0.0987. The van der Waals surface area contributed by atoms with E-state index in [2.05, 4.69) is 26.1 Å². The summed E-state index contributed by atoms with van der Waals surface area (Å²) < 4.78 is 5.58. The SMILES string of the molecule is CC.CCCCCCCCC(CCCCCC)C(=O)N(CCCC)C(=O)OCCCCCCNCCCCO. The molecule has 39 heavy (non-hydrogen) atoms. The van der Waals surface area contributed by atoms with Gasteiger partial charge in [0.25, 0.3) is 0 Å². The summed E-state index contributed by atoms with van der Waals surface area (Å²) in [6.45, 7) is 13.6. The van der Waals surface area contributed by atoms with Crippen molar-refractivity contribution in [2.45, 2.75) is 163 Å². The van der Waals surface area contributed by atoms with Crippen molar-refractivity contribution in [2.24, 2.45) is 5.92 Å². The zero-order valence-corrected chi connectivity index (χ0v) is 26.9. The van der Waals surface area contributed by atoms with Gasteiger partial charge >= 0.3 is 6.09 Å². The fourth-order valence-corrected chi connectivity index (χ4v) is 4.64. The summed E-state index contributed by atoms with van der Waals surface area (Å²) in [6.07, 6.45) is 21.0. The molecule has 1 atom stereocenters. The number of nitrogens with zero attached hydrogens (tertiary/aromatic N) is 1. The van der Waals surface area contributed by atoms with Crippen LogP contribution in [-0.2, 0) is 9.53 Å². The summed E-state index contributed by atoms with van der Waals surface area (Å²) >= 11 is 0. The highest BCUT2D eigenvalue weighted by Gasteiger charge is 2.29. The van der Waals surface area contributed by atoms with Crippen molar-refractivity contribution in [1.82, 2.24) is 10.2 Å². The van der Waals surface area contributed by atoms with Crippen LogP contribution in [0, 0.1) is 5.92 Å². The van der Waals surface area contributed by atoms with E-state index in [9.17, 15) is 9.59 Å².